The van der Waals surface area contributed by atoms with Crippen LogP contribution in [-0.2, 0) is 30.5 Å². The van der Waals surface area contributed by atoms with Crippen molar-refractivity contribution in [1.82, 2.24) is 5.32 Å². The second-order valence-electron chi connectivity index (χ2n) is 14.2. The van der Waals surface area contributed by atoms with Crippen LogP contribution in [0.5, 0.6) is 0 Å². The molecule has 1 aliphatic carbocycles. The number of fused-ring (bicyclic) bond motifs is 2. The van der Waals surface area contributed by atoms with E-state index in [1.165, 1.54) is 23.3 Å². The number of nitrogens with zero attached hydrogens (tertiary/aromatic N) is 2. The third-order valence-electron chi connectivity index (χ3n) is 10.3. The van der Waals surface area contributed by atoms with Crippen molar-refractivity contribution < 1.29 is 32.2 Å². The summed E-state index contributed by atoms with van der Waals surface area (Å²) in [6, 6.07) is 11.1. The van der Waals surface area contributed by atoms with Gasteiger partial charge in [-0.1, -0.05) is 49.8 Å². The van der Waals surface area contributed by atoms with Gasteiger partial charge in [0.2, 0.25) is 11.6 Å². The van der Waals surface area contributed by atoms with Crippen molar-refractivity contribution in [2.24, 2.45) is 5.41 Å². The molecule has 0 bridgehead atoms. The van der Waals surface area contributed by atoms with E-state index in [1.807, 2.05) is 45.1 Å². The van der Waals surface area contributed by atoms with Crippen LogP contribution in [0.25, 0.3) is 0 Å². The summed E-state index contributed by atoms with van der Waals surface area (Å²) in [5.41, 5.74) is 5.98. The lowest BCUT2D eigenvalue weighted by Crippen LogP contribution is -2.48. The highest BCUT2D eigenvalue weighted by atomic mass is 32.2. The molecule has 2 aromatic carbocycles. The third kappa shape index (κ3) is 6.21. The maximum atomic E-state index is 13.5. The zero-order valence-electron chi connectivity index (χ0n) is 29.7. The number of carbonyl (C=O) groups excluding carboxylic acids is 1. The number of likely N-dealkylation sites (N-methyl/N-ethyl adjacent to an activating group) is 1. The van der Waals surface area contributed by atoms with Crippen LogP contribution in [0.3, 0.4) is 0 Å². The summed E-state index contributed by atoms with van der Waals surface area (Å²) in [6.07, 6.45) is 9.87. The summed E-state index contributed by atoms with van der Waals surface area (Å²) < 4.78 is 35.7. The number of benzene rings is 2. The van der Waals surface area contributed by atoms with Gasteiger partial charge in [0.15, 0.2) is 11.1 Å². The molecule has 10 heteroatoms. The normalized spacial score (nSPS) is 22.9. The number of allylic oxidation sites excluding steroid dienone is 8. The largest absolute Gasteiger partial charge is 0.480 e. The molecule has 0 aromatic heterocycles. The number of carboxylic acids is 1. The molecule has 5 rings (SSSR count). The Kier molecular flexibility index (Phi) is 9.46. The molecule has 0 radical (unpaired) electrons. The Morgan fingerprint density at radius 1 is 0.959 bits per heavy atom. The van der Waals surface area contributed by atoms with Crippen LogP contribution in [0.1, 0.15) is 78.0 Å². The van der Waals surface area contributed by atoms with Crippen molar-refractivity contribution in [1.29, 1.82) is 0 Å². The number of anilines is 1. The van der Waals surface area contributed by atoms with Gasteiger partial charge in [0.05, 0.1) is 10.3 Å². The van der Waals surface area contributed by atoms with Gasteiger partial charge in [0.1, 0.15) is 6.54 Å². The molecule has 2 aromatic rings. The fraction of sp³-hybridized carbons (Fsp3) is 0.410. The van der Waals surface area contributed by atoms with Crippen LogP contribution in [0, 0.1) is 12.3 Å². The van der Waals surface area contributed by atoms with Crippen molar-refractivity contribution in [2.45, 2.75) is 84.0 Å². The van der Waals surface area contributed by atoms with E-state index in [0.29, 0.717) is 18.7 Å². The van der Waals surface area contributed by atoms with Gasteiger partial charge in [-0.3, -0.25) is 14.1 Å². The summed E-state index contributed by atoms with van der Waals surface area (Å²) in [4.78, 5) is 28.7. The molecule has 2 aliphatic heterocycles. The maximum Gasteiger partial charge on any atom is 0.319 e. The van der Waals surface area contributed by atoms with E-state index in [2.05, 4.69) is 66.8 Å². The van der Waals surface area contributed by atoms with Crippen LogP contribution in [-0.4, -0.2) is 59.9 Å². The number of hydrogen-bond donors (Lipinski definition) is 3. The summed E-state index contributed by atoms with van der Waals surface area (Å²) >= 11 is 0. The number of rotatable bonds is 9. The highest BCUT2D eigenvalue weighted by Gasteiger charge is 2.49. The van der Waals surface area contributed by atoms with Crippen molar-refractivity contribution in [3.63, 3.8) is 0 Å². The first-order valence-electron chi connectivity index (χ1n) is 16.9. The minimum atomic E-state index is -4.39. The molecule has 0 saturated carbocycles. The molecule has 1 unspecified atom stereocenters. The highest BCUT2D eigenvalue weighted by Crippen LogP contribution is 2.48. The second-order valence-corrected chi connectivity index (χ2v) is 15.7. The Labute approximate surface area is 290 Å². The number of nitrogens with one attached hydrogen (secondary N) is 1. The third-order valence-corrected chi connectivity index (χ3v) is 11.2. The number of hydrogen-bond acceptors (Lipinski definition) is 5. The minimum absolute atomic E-state index is 0.00948. The van der Waals surface area contributed by atoms with Gasteiger partial charge in [-0.15, -0.1) is 0 Å². The molecule has 0 fully saturated rings. The summed E-state index contributed by atoms with van der Waals surface area (Å²) in [5.74, 6) is -1.70. The van der Waals surface area contributed by atoms with Crippen LogP contribution in [0.15, 0.2) is 88.5 Å². The number of aliphatic carboxylic acids is 1. The van der Waals surface area contributed by atoms with E-state index >= 15 is 0 Å². The summed E-state index contributed by atoms with van der Waals surface area (Å²) in [6.45, 7) is 18.0. The minimum Gasteiger partial charge on any atom is -0.480 e. The van der Waals surface area contributed by atoms with E-state index in [9.17, 15) is 27.7 Å². The van der Waals surface area contributed by atoms with Crippen molar-refractivity contribution in [3.8, 4) is 0 Å². The zero-order chi connectivity index (χ0) is 36.1. The summed E-state index contributed by atoms with van der Waals surface area (Å²) in [5, 5.41) is 13.4. The van der Waals surface area contributed by atoms with Gasteiger partial charge in [0, 0.05) is 47.6 Å². The lowest BCUT2D eigenvalue weighted by Gasteiger charge is -2.32. The van der Waals surface area contributed by atoms with Gasteiger partial charge in [-0.25, -0.2) is 0 Å². The number of amides is 1. The molecule has 1 amide bonds. The van der Waals surface area contributed by atoms with E-state index in [4.69, 9.17) is 0 Å². The zero-order valence-corrected chi connectivity index (χ0v) is 30.5. The van der Waals surface area contributed by atoms with Crippen LogP contribution in [0.2, 0.25) is 0 Å². The molecular weight excluding hydrogens is 639 g/mol. The van der Waals surface area contributed by atoms with E-state index < -0.39 is 32.8 Å². The Bertz CT molecular complexity index is 2000. The van der Waals surface area contributed by atoms with Crippen molar-refractivity contribution >= 4 is 39.1 Å². The molecule has 3 N–H and O–H groups in total. The molecule has 1 atom stereocenters. The topological polar surface area (TPSA) is 127 Å². The first-order chi connectivity index (χ1) is 22.9. The SMILES string of the molecule is CCNC(=O)C1(C(=O)O)CC(=CC=C2N(CC)c3ccc(C)cc3C2(C)C)C=C(C=CC2=[N+](CC)c3ccc(S(=O)(=O)O)cc3C2(C)C)C1. The van der Waals surface area contributed by atoms with Crippen molar-refractivity contribution in [3.05, 3.63) is 100 Å². The first-order valence-corrected chi connectivity index (χ1v) is 18.3. The monoisotopic (exact) mass is 686 g/mol. The van der Waals surface area contributed by atoms with E-state index in [1.54, 1.807) is 13.0 Å². The van der Waals surface area contributed by atoms with Gasteiger partial charge < -0.3 is 15.3 Å². The molecule has 260 valence electrons. The Morgan fingerprint density at radius 2 is 1.67 bits per heavy atom. The van der Waals surface area contributed by atoms with Gasteiger partial charge >= 0.3 is 5.97 Å². The smallest absolute Gasteiger partial charge is 0.319 e. The number of aryl methyl sites for hydroxylation is 1. The van der Waals surface area contributed by atoms with Crippen LogP contribution in [0.4, 0.5) is 11.4 Å². The first kappa shape index (κ1) is 36.0. The average molecular weight is 687 g/mol. The number of carbonyl (C=O) groups is 2. The van der Waals surface area contributed by atoms with Gasteiger partial charge in [0.25, 0.3) is 10.1 Å². The molecular formula is C39H48N3O6S+. The standard InChI is InChI=1S/C39H47N3O6S/c1-9-40-35(43)39(36(44)45)23-26(13-18-33-37(5,6)29-20-25(4)12-16-31(29)41(33)10-2)21-27(24-39)14-19-34-38(7,8)30-22-28(49(46,47)48)15-17-32(30)42(34)11-3/h12-22H,9-11,23-24H2,1-8H3,(H2-,40,43,44,45,46,47,48)/p+1. The molecule has 0 spiro atoms. The van der Waals surface area contributed by atoms with E-state index in [-0.39, 0.29) is 23.2 Å². The lowest BCUT2D eigenvalue weighted by molar-refractivity contribution is -0.433. The van der Waals surface area contributed by atoms with Gasteiger partial charge in [-0.2, -0.15) is 13.0 Å². The molecule has 9 nitrogen and oxygen atoms in total. The van der Waals surface area contributed by atoms with Crippen LogP contribution >= 0.6 is 0 Å². The molecule has 3 aliphatic rings. The average Bonchev–Trinajstić information content (AvgIpc) is 3.39. The Morgan fingerprint density at radius 3 is 2.29 bits per heavy atom. The second kappa shape index (κ2) is 12.9. The van der Waals surface area contributed by atoms with Crippen molar-refractivity contribution in [2.75, 3.05) is 24.5 Å². The quantitative estimate of drug-likeness (QED) is 0.151. The number of carboxylic acid groups (broad SMARTS) is 1. The fourth-order valence-electron chi connectivity index (χ4n) is 7.71. The Balaban J connectivity index is 1.61. The molecule has 0 saturated heterocycles. The van der Waals surface area contributed by atoms with E-state index in [0.717, 1.165) is 40.5 Å². The predicted octanol–water partition coefficient (Wildman–Crippen LogP) is 6.75. The highest BCUT2D eigenvalue weighted by molar-refractivity contribution is 7.85. The molecule has 49 heavy (non-hydrogen) atoms. The maximum absolute atomic E-state index is 13.5. The predicted molar refractivity (Wildman–Crippen MR) is 193 cm³/mol. The Hall–Kier alpha value is -4.28. The van der Waals surface area contributed by atoms with Gasteiger partial charge in [-0.05, 0) is 95.4 Å². The fourth-order valence-corrected chi connectivity index (χ4v) is 8.22. The summed E-state index contributed by atoms with van der Waals surface area (Å²) in [7, 11) is -4.39. The lowest BCUT2D eigenvalue weighted by atomic mass is 9.71. The molecule has 2 heterocycles. The van der Waals surface area contributed by atoms with Crippen LogP contribution < -0.4 is 10.2 Å².